The van der Waals surface area contributed by atoms with Gasteiger partial charge in [-0.3, -0.25) is 4.79 Å². The second-order valence-electron chi connectivity index (χ2n) is 6.42. The minimum atomic E-state index is -3.50. The van der Waals surface area contributed by atoms with Crippen LogP contribution in [0, 0.1) is 0 Å². The topological polar surface area (TPSA) is 69.7 Å². The van der Waals surface area contributed by atoms with E-state index in [-0.39, 0.29) is 24.4 Å². The van der Waals surface area contributed by atoms with Crippen molar-refractivity contribution in [2.75, 3.05) is 32.7 Å². The zero-order chi connectivity index (χ0) is 17.2. The Labute approximate surface area is 156 Å². The van der Waals surface area contributed by atoms with Gasteiger partial charge in [-0.2, -0.15) is 4.31 Å². The van der Waals surface area contributed by atoms with E-state index < -0.39 is 10.0 Å². The fraction of sp³-hybridized carbons (Fsp3) is 0.588. The maximum absolute atomic E-state index is 13.0. The molecule has 1 atom stereocenters. The molecule has 2 heterocycles. The number of piperidine rings is 1. The summed E-state index contributed by atoms with van der Waals surface area (Å²) in [5.74, 6) is 0.0680. The van der Waals surface area contributed by atoms with Crippen molar-refractivity contribution in [1.29, 1.82) is 0 Å². The molecule has 2 saturated heterocycles. The Hall–Kier alpha value is -1.15. The molecule has 3 rings (SSSR count). The molecule has 1 aromatic carbocycles. The highest BCUT2D eigenvalue weighted by Crippen LogP contribution is 2.24. The first-order valence-electron chi connectivity index (χ1n) is 8.61. The number of carbonyl (C=O) groups excluding carboxylic acids is 1. The van der Waals surface area contributed by atoms with E-state index in [1.165, 1.54) is 0 Å². The molecule has 0 saturated carbocycles. The smallest absolute Gasteiger partial charge is 0.243 e. The van der Waals surface area contributed by atoms with Crippen LogP contribution < -0.4 is 5.32 Å². The highest BCUT2D eigenvalue weighted by Gasteiger charge is 2.35. The van der Waals surface area contributed by atoms with Gasteiger partial charge in [-0.05, 0) is 37.0 Å². The molecule has 0 aromatic heterocycles. The molecule has 6 nitrogen and oxygen atoms in total. The fourth-order valence-electron chi connectivity index (χ4n) is 3.48. The molecule has 8 heteroatoms. The van der Waals surface area contributed by atoms with Crippen LogP contribution in [0.4, 0.5) is 0 Å². The van der Waals surface area contributed by atoms with E-state index in [0.29, 0.717) is 31.1 Å². The van der Waals surface area contributed by atoms with E-state index in [2.05, 4.69) is 5.32 Å². The number of hydrogen-bond donors (Lipinski definition) is 1. The fourth-order valence-corrected chi connectivity index (χ4v) is 5.06. The van der Waals surface area contributed by atoms with E-state index >= 15 is 0 Å². The number of piperazine rings is 1. The second-order valence-corrected chi connectivity index (χ2v) is 8.36. The molecule has 140 valence electrons. The third-order valence-corrected chi connectivity index (χ3v) is 6.73. The van der Waals surface area contributed by atoms with Crippen LogP contribution in [0.1, 0.15) is 25.3 Å². The third kappa shape index (κ3) is 4.34. The van der Waals surface area contributed by atoms with Gasteiger partial charge in [-0.25, -0.2) is 8.42 Å². The Morgan fingerprint density at radius 2 is 2.08 bits per heavy atom. The Bertz CT molecular complexity index is 711. The molecule has 1 unspecified atom stereocenters. The molecule has 1 amide bonds. The predicted molar refractivity (Wildman–Crippen MR) is 99.4 cm³/mol. The van der Waals surface area contributed by atoms with Crippen LogP contribution in [0.3, 0.4) is 0 Å². The second kappa shape index (κ2) is 8.49. The Morgan fingerprint density at radius 3 is 2.80 bits per heavy atom. The molecule has 2 aliphatic heterocycles. The van der Waals surface area contributed by atoms with Crippen molar-refractivity contribution in [3.05, 3.63) is 29.8 Å². The molecule has 1 aromatic rings. The van der Waals surface area contributed by atoms with E-state index in [1.54, 1.807) is 22.5 Å². The number of halogens is 1. The average Bonchev–Trinajstić information content (AvgIpc) is 2.62. The summed E-state index contributed by atoms with van der Waals surface area (Å²) < 4.78 is 27.5. The summed E-state index contributed by atoms with van der Waals surface area (Å²) in [4.78, 5) is 14.3. The van der Waals surface area contributed by atoms with Crippen molar-refractivity contribution >= 4 is 28.3 Å². The molecule has 0 aliphatic carbocycles. The van der Waals surface area contributed by atoms with Crippen LogP contribution in [0.15, 0.2) is 29.2 Å². The van der Waals surface area contributed by atoms with Gasteiger partial charge in [0, 0.05) is 32.2 Å². The van der Waals surface area contributed by atoms with Crippen molar-refractivity contribution < 1.29 is 13.2 Å². The van der Waals surface area contributed by atoms with Crippen molar-refractivity contribution in [2.45, 2.75) is 37.1 Å². The number of rotatable bonds is 4. The lowest BCUT2D eigenvalue weighted by atomic mass is 10.1. The minimum Gasteiger partial charge on any atom is -0.336 e. The van der Waals surface area contributed by atoms with Gasteiger partial charge in [0.1, 0.15) is 0 Å². The van der Waals surface area contributed by atoms with Crippen LogP contribution >= 0.6 is 12.4 Å². The maximum Gasteiger partial charge on any atom is 0.243 e. The van der Waals surface area contributed by atoms with E-state index in [9.17, 15) is 13.2 Å². The standard InChI is InChI=1S/C17H25N3O3S.ClH/c1-2-14-5-3-7-16(11-14)24(22,23)19-9-4-6-15(13-19)20-10-8-18-12-17(20)21;/h3,5,7,11,15,18H,2,4,6,8-10,12-13H2,1H3;1H. The van der Waals surface area contributed by atoms with Gasteiger partial charge in [-0.1, -0.05) is 19.1 Å². The lowest BCUT2D eigenvalue weighted by Gasteiger charge is -2.40. The summed E-state index contributed by atoms with van der Waals surface area (Å²) in [5, 5.41) is 3.06. The van der Waals surface area contributed by atoms with Crippen molar-refractivity contribution in [3.8, 4) is 0 Å². The average molecular weight is 388 g/mol. The van der Waals surface area contributed by atoms with E-state index in [4.69, 9.17) is 0 Å². The van der Waals surface area contributed by atoms with E-state index in [0.717, 1.165) is 31.4 Å². The molecular formula is C17H26ClN3O3S. The van der Waals surface area contributed by atoms with Gasteiger partial charge in [-0.15, -0.1) is 12.4 Å². The Kier molecular flexibility index (Phi) is 6.85. The first-order chi connectivity index (χ1) is 11.5. The molecule has 0 bridgehead atoms. The SMILES string of the molecule is CCc1cccc(S(=O)(=O)N2CCCC(N3CCNCC3=O)C2)c1.Cl. The molecule has 25 heavy (non-hydrogen) atoms. The molecule has 1 N–H and O–H groups in total. The number of nitrogens with one attached hydrogen (secondary N) is 1. The zero-order valence-corrected chi connectivity index (χ0v) is 16.1. The quantitative estimate of drug-likeness (QED) is 0.844. The summed E-state index contributed by atoms with van der Waals surface area (Å²) in [6.07, 6.45) is 2.46. The van der Waals surface area contributed by atoms with Crippen LogP contribution in [0.5, 0.6) is 0 Å². The van der Waals surface area contributed by atoms with Crippen LogP contribution in [0.2, 0.25) is 0 Å². The van der Waals surface area contributed by atoms with Crippen LogP contribution in [-0.2, 0) is 21.2 Å². The lowest BCUT2D eigenvalue weighted by molar-refractivity contribution is -0.135. The zero-order valence-electron chi connectivity index (χ0n) is 14.5. The summed E-state index contributed by atoms with van der Waals surface area (Å²) in [5.41, 5.74) is 1.02. The summed E-state index contributed by atoms with van der Waals surface area (Å²) in [7, 11) is -3.50. The molecule has 2 aliphatic rings. The van der Waals surface area contributed by atoms with Gasteiger partial charge in [0.25, 0.3) is 0 Å². The number of carbonyl (C=O) groups is 1. The number of hydrogen-bond acceptors (Lipinski definition) is 4. The Morgan fingerprint density at radius 1 is 1.28 bits per heavy atom. The van der Waals surface area contributed by atoms with E-state index in [1.807, 2.05) is 17.9 Å². The van der Waals surface area contributed by atoms with Crippen LogP contribution in [-0.4, -0.2) is 62.3 Å². The van der Waals surface area contributed by atoms with Gasteiger partial charge in [0.05, 0.1) is 11.4 Å². The van der Waals surface area contributed by atoms with Crippen molar-refractivity contribution in [3.63, 3.8) is 0 Å². The number of nitrogens with zero attached hydrogens (tertiary/aromatic N) is 2. The van der Waals surface area contributed by atoms with Gasteiger partial charge >= 0.3 is 0 Å². The minimum absolute atomic E-state index is 0. The monoisotopic (exact) mass is 387 g/mol. The predicted octanol–water partition coefficient (Wildman–Crippen LogP) is 1.26. The molecular weight excluding hydrogens is 362 g/mol. The largest absolute Gasteiger partial charge is 0.336 e. The van der Waals surface area contributed by atoms with Crippen molar-refractivity contribution in [1.82, 2.24) is 14.5 Å². The first-order valence-corrected chi connectivity index (χ1v) is 10.1. The number of sulfonamides is 1. The molecule has 0 spiro atoms. The summed E-state index contributed by atoms with van der Waals surface area (Å²) in [6.45, 7) is 4.70. The van der Waals surface area contributed by atoms with Crippen molar-refractivity contribution in [2.24, 2.45) is 0 Å². The maximum atomic E-state index is 13.0. The summed E-state index contributed by atoms with van der Waals surface area (Å²) in [6, 6.07) is 7.14. The third-order valence-electron chi connectivity index (χ3n) is 4.87. The number of amides is 1. The highest BCUT2D eigenvalue weighted by atomic mass is 35.5. The van der Waals surface area contributed by atoms with Crippen LogP contribution in [0.25, 0.3) is 0 Å². The van der Waals surface area contributed by atoms with Gasteiger partial charge in [0.15, 0.2) is 0 Å². The summed E-state index contributed by atoms with van der Waals surface area (Å²) >= 11 is 0. The molecule has 2 fully saturated rings. The molecule has 0 radical (unpaired) electrons. The van der Waals surface area contributed by atoms with Gasteiger partial charge in [0.2, 0.25) is 15.9 Å². The number of aryl methyl sites for hydroxylation is 1. The van der Waals surface area contributed by atoms with Gasteiger partial charge < -0.3 is 10.2 Å². The highest BCUT2D eigenvalue weighted by molar-refractivity contribution is 7.89. The Balaban J connectivity index is 0.00000225. The first kappa shape index (κ1) is 20.2. The normalized spacial score (nSPS) is 22.5. The number of benzene rings is 1. The lowest BCUT2D eigenvalue weighted by Crippen LogP contribution is -2.57.